The van der Waals surface area contributed by atoms with E-state index < -0.39 is 0 Å². The number of nitrogens with one attached hydrogen (secondary N) is 1. The molecule has 0 radical (unpaired) electrons. The summed E-state index contributed by atoms with van der Waals surface area (Å²) in [5.41, 5.74) is 3.14. The van der Waals surface area contributed by atoms with E-state index in [4.69, 9.17) is 11.6 Å². The lowest BCUT2D eigenvalue weighted by Crippen LogP contribution is -2.06. The first-order valence-corrected chi connectivity index (χ1v) is 8.00. The molecule has 10 heteroatoms. The minimum Gasteiger partial charge on any atom is -0.282 e. The highest BCUT2D eigenvalue weighted by Gasteiger charge is 2.23. The second kappa shape index (κ2) is 5.55. The fraction of sp³-hybridized carbons (Fsp3) is 0.267. The Bertz CT molecular complexity index is 1070. The van der Waals surface area contributed by atoms with Gasteiger partial charge >= 0.3 is 0 Å². The van der Waals surface area contributed by atoms with Gasteiger partial charge in [0.15, 0.2) is 17.5 Å². The molecule has 0 fully saturated rings. The van der Waals surface area contributed by atoms with Crippen LogP contribution in [0.2, 0.25) is 5.02 Å². The summed E-state index contributed by atoms with van der Waals surface area (Å²) in [6.45, 7) is 3.83. The number of aromatic amines is 1. The molecule has 0 spiro atoms. The minimum absolute atomic E-state index is 0.543. The zero-order valence-corrected chi connectivity index (χ0v) is 14.9. The summed E-state index contributed by atoms with van der Waals surface area (Å²) >= 11 is 6.48. The van der Waals surface area contributed by atoms with E-state index in [1.54, 1.807) is 26.4 Å². The average Bonchev–Trinajstić information content (AvgIpc) is 3.33. The van der Waals surface area contributed by atoms with Gasteiger partial charge in [0.05, 0.1) is 28.7 Å². The van der Waals surface area contributed by atoms with Gasteiger partial charge in [-0.05, 0) is 13.8 Å². The molecule has 0 aromatic carbocycles. The molecule has 128 valence electrons. The maximum absolute atomic E-state index is 6.48. The van der Waals surface area contributed by atoms with Crippen LogP contribution in [0.15, 0.2) is 18.5 Å². The fourth-order valence-corrected chi connectivity index (χ4v) is 2.86. The van der Waals surface area contributed by atoms with Crippen LogP contribution in [0.1, 0.15) is 11.4 Å². The van der Waals surface area contributed by atoms with E-state index in [0.717, 1.165) is 22.8 Å². The third-order valence-corrected chi connectivity index (χ3v) is 4.62. The van der Waals surface area contributed by atoms with Crippen molar-refractivity contribution >= 4 is 11.6 Å². The van der Waals surface area contributed by atoms with Gasteiger partial charge in [-0.2, -0.15) is 20.0 Å². The van der Waals surface area contributed by atoms with Crippen LogP contribution in [0, 0.1) is 13.8 Å². The molecule has 0 aliphatic heterocycles. The van der Waals surface area contributed by atoms with Gasteiger partial charge in [0.25, 0.3) is 0 Å². The number of halogens is 1. The summed E-state index contributed by atoms with van der Waals surface area (Å²) < 4.78 is 5.14. The Morgan fingerprint density at radius 3 is 2.48 bits per heavy atom. The summed E-state index contributed by atoms with van der Waals surface area (Å²) in [5.74, 6) is 1.85. The Hall–Kier alpha value is -2.94. The molecule has 0 unspecified atom stereocenters. The van der Waals surface area contributed by atoms with Crippen LogP contribution < -0.4 is 0 Å². The van der Waals surface area contributed by atoms with E-state index in [1.165, 1.54) is 0 Å². The topological polar surface area (TPSA) is 95.0 Å². The van der Waals surface area contributed by atoms with Gasteiger partial charge in [0.1, 0.15) is 5.69 Å². The number of nitrogens with zero attached hydrogens (tertiary/aromatic N) is 8. The Morgan fingerprint density at radius 2 is 1.92 bits per heavy atom. The first kappa shape index (κ1) is 15.6. The Morgan fingerprint density at radius 1 is 1.12 bits per heavy atom. The molecule has 4 heterocycles. The zero-order chi connectivity index (χ0) is 17.7. The van der Waals surface area contributed by atoms with Gasteiger partial charge in [-0.1, -0.05) is 11.6 Å². The molecule has 4 aromatic heterocycles. The first-order valence-electron chi connectivity index (χ1n) is 7.62. The maximum Gasteiger partial charge on any atom is 0.187 e. The summed E-state index contributed by atoms with van der Waals surface area (Å²) in [7, 11) is 3.69. The molecule has 4 rings (SSSR count). The van der Waals surface area contributed by atoms with Gasteiger partial charge in [-0.25, -0.2) is 4.98 Å². The standard InChI is InChI=1S/C15H16ClN9/c1-8-10(7-17-20-8)14-19-15(13-12(16)9(2)23(3)21-13)25(22-14)11-5-6-18-24(11)4/h5-7H,1-4H3,(H,17,20). The van der Waals surface area contributed by atoms with Crippen LogP contribution in [0.5, 0.6) is 0 Å². The number of rotatable bonds is 3. The van der Waals surface area contributed by atoms with Crippen LogP contribution in [-0.4, -0.2) is 44.5 Å². The number of hydrogen-bond donors (Lipinski definition) is 1. The monoisotopic (exact) mass is 357 g/mol. The molecule has 0 bridgehead atoms. The maximum atomic E-state index is 6.48. The Labute approximate surface area is 148 Å². The molecule has 9 nitrogen and oxygen atoms in total. The zero-order valence-electron chi connectivity index (χ0n) is 14.2. The first-order chi connectivity index (χ1) is 12.0. The second-order valence-corrected chi connectivity index (χ2v) is 6.14. The van der Waals surface area contributed by atoms with Crippen molar-refractivity contribution in [2.75, 3.05) is 0 Å². The summed E-state index contributed by atoms with van der Waals surface area (Å²) in [4.78, 5) is 4.69. The summed E-state index contributed by atoms with van der Waals surface area (Å²) in [5, 5.41) is 20.9. The molecule has 0 saturated heterocycles. The summed E-state index contributed by atoms with van der Waals surface area (Å²) in [6, 6.07) is 1.86. The van der Waals surface area contributed by atoms with Crippen molar-refractivity contribution in [3.05, 3.63) is 34.9 Å². The van der Waals surface area contributed by atoms with Crippen molar-refractivity contribution in [1.29, 1.82) is 0 Å². The predicted octanol–water partition coefficient (Wildman–Crippen LogP) is 2.06. The van der Waals surface area contributed by atoms with Crippen LogP contribution >= 0.6 is 11.6 Å². The summed E-state index contributed by atoms with van der Waals surface area (Å²) in [6.07, 6.45) is 3.40. The molecular weight excluding hydrogens is 342 g/mol. The van der Waals surface area contributed by atoms with Crippen LogP contribution in [0.25, 0.3) is 28.7 Å². The number of H-pyrrole nitrogens is 1. The smallest absolute Gasteiger partial charge is 0.187 e. The number of aromatic nitrogens is 9. The molecule has 25 heavy (non-hydrogen) atoms. The van der Waals surface area contributed by atoms with Crippen molar-refractivity contribution in [1.82, 2.24) is 44.5 Å². The van der Waals surface area contributed by atoms with Crippen LogP contribution in [-0.2, 0) is 14.1 Å². The molecule has 4 aromatic rings. The third-order valence-electron chi connectivity index (χ3n) is 4.16. The largest absolute Gasteiger partial charge is 0.282 e. The average molecular weight is 358 g/mol. The molecule has 0 amide bonds. The quantitative estimate of drug-likeness (QED) is 0.605. The lowest BCUT2D eigenvalue weighted by molar-refractivity contribution is 0.698. The van der Waals surface area contributed by atoms with Gasteiger partial charge < -0.3 is 0 Å². The van der Waals surface area contributed by atoms with Crippen molar-refractivity contribution in [2.24, 2.45) is 14.1 Å². The second-order valence-electron chi connectivity index (χ2n) is 5.76. The molecule has 0 atom stereocenters. The number of hydrogen-bond acceptors (Lipinski definition) is 5. The highest BCUT2D eigenvalue weighted by Crippen LogP contribution is 2.31. The third kappa shape index (κ3) is 2.35. The highest BCUT2D eigenvalue weighted by molar-refractivity contribution is 6.33. The Kier molecular flexibility index (Phi) is 3.46. The molecule has 0 saturated carbocycles. The Balaban J connectivity index is 1.99. The number of aryl methyl sites for hydroxylation is 3. The molecule has 0 aliphatic rings. The lowest BCUT2D eigenvalue weighted by atomic mass is 10.2. The van der Waals surface area contributed by atoms with Gasteiger partial charge in [-0.3, -0.25) is 14.5 Å². The van der Waals surface area contributed by atoms with E-state index in [-0.39, 0.29) is 0 Å². The molecule has 1 N–H and O–H groups in total. The molecular formula is C15H16ClN9. The van der Waals surface area contributed by atoms with Crippen LogP contribution in [0.3, 0.4) is 0 Å². The SMILES string of the molecule is Cc1[nH]ncc1-c1nc(-c2nn(C)c(C)c2Cl)n(-c2ccnn2C)n1. The predicted molar refractivity (Wildman–Crippen MR) is 92.4 cm³/mol. The van der Waals surface area contributed by atoms with Gasteiger partial charge in [0.2, 0.25) is 0 Å². The van der Waals surface area contributed by atoms with Crippen molar-refractivity contribution in [3.63, 3.8) is 0 Å². The fourth-order valence-electron chi connectivity index (χ4n) is 2.62. The van der Waals surface area contributed by atoms with Gasteiger partial charge in [-0.15, -0.1) is 5.10 Å². The van der Waals surface area contributed by atoms with E-state index in [9.17, 15) is 0 Å². The van der Waals surface area contributed by atoms with E-state index in [0.29, 0.717) is 22.4 Å². The highest BCUT2D eigenvalue weighted by atomic mass is 35.5. The van der Waals surface area contributed by atoms with Gasteiger partial charge in [0, 0.05) is 25.9 Å². The molecule has 0 aliphatic carbocycles. The van der Waals surface area contributed by atoms with E-state index in [1.807, 2.05) is 34.0 Å². The van der Waals surface area contributed by atoms with Crippen molar-refractivity contribution in [2.45, 2.75) is 13.8 Å². The van der Waals surface area contributed by atoms with E-state index in [2.05, 4.69) is 30.5 Å². The normalized spacial score (nSPS) is 11.4. The van der Waals surface area contributed by atoms with Crippen LogP contribution in [0.4, 0.5) is 0 Å². The van der Waals surface area contributed by atoms with Crippen molar-refractivity contribution < 1.29 is 0 Å². The van der Waals surface area contributed by atoms with E-state index >= 15 is 0 Å². The lowest BCUT2D eigenvalue weighted by Gasteiger charge is -2.04. The van der Waals surface area contributed by atoms with Crippen molar-refractivity contribution in [3.8, 4) is 28.7 Å². The minimum atomic E-state index is 0.543.